The number of aryl methyl sites for hydroxylation is 8. The molecule has 8 rings (SSSR count). The Morgan fingerprint density at radius 3 is 1.29 bits per heavy atom. The summed E-state index contributed by atoms with van der Waals surface area (Å²) in [5.74, 6) is -1.81. The van der Waals surface area contributed by atoms with Crippen molar-refractivity contribution in [2.75, 3.05) is 66.7 Å². The van der Waals surface area contributed by atoms with E-state index in [-0.39, 0.29) is 67.0 Å². The molecule has 2 fully saturated rings. The maximum atomic E-state index is 16.1. The second-order valence-corrected chi connectivity index (χ2v) is 26.6. The standard InChI is InChI=1S/C39H51FN2O5.C21H26FNO3.C17H26N2O3/c1-9-47-37(45)22-30(33-20-31(16-28(7)39(33)40)38-26(5)17-32(46-8)18-27(38)6)21-35(43)34(15-24(2)3)42-23-29(25(4)19-36(42)44)11-14-41-12-10-13-41;1-6-26-19(24)11-18(23)17-10-15(7-14(4)21(17)22)20-12(2)8-16(25-5)9-13(20)3;1-12(2)9-15(17(21)22)19-11-14(13(3)10-16(19)20)5-8-18-6-4-7-18/h16-20,23-24,30,34H,9-15,21-22H2,1-8H3;7-10,18H,6,11,23H2,1-5H3;10-12,15H,4-9H2,1-3H3,(H,21,22)/t30-,34?;18-;/m00./s1. The third kappa shape index (κ3) is 20.6. The molecule has 16 nitrogen and oxygen atoms in total. The second kappa shape index (κ2) is 35.3. The molecule has 2 aliphatic rings. The Labute approximate surface area is 561 Å². The number of carbonyl (C=O) groups is 4. The molecule has 18 heteroatoms. The number of methoxy groups -OCH3 is 2. The van der Waals surface area contributed by atoms with Crippen LogP contribution in [-0.4, -0.2) is 114 Å². The van der Waals surface area contributed by atoms with Gasteiger partial charge in [-0.1, -0.05) is 27.7 Å². The number of carbonyl (C=O) groups excluding carboxylic acids is 3. The van der Waals surface area contributed by atoms with E-state index in [0.717, 1.165) is 130 Å². The van der Waals surface area contributed by atoms with E-state index < -0.39 is 47.8 Å². The van der Waals surface area contributed by atoms with Gasteiger partial charge in [-0.15, -0.1) is 0 Å². The van der Waals surface area contributed by atoms with Crippen molar-refractivity contribution in [2.45, 2.75) is 179 Å². The summed E-state index contributed by atoms with van der Waals surface area (Å²) in [6.45, 7) is 33.4. The van der Waals surface area contributed by atoms with Crippen LogP contribution in [0.3, 0.4) is 0 Å². The first-order valence-electron chi connectivity index (χ1n) is 33.6. The molecule has 516 valence electrons. The van der Waals surface area contributed by atoms with Gasteiger partial charge in [0, 0.05) is 61.6 Å². The molecule has 2 unspecified atom stereocenters. The summed E-state index contributed by atoms with van der Waals surface area (Å²) in [5.41, 5.74) is 18.8. The van der Waals surface area contributed by atoms with E-state index in [0.29, 0.717) is 35.1 Å². The number of likely N-dealkylation sites (tertiary alicyclic amines) is 2. The van der Waals surface area contributed by atoms with Gasteiger partial charge < -0.3 is 48.7 Å². The Balaban J connectivity index is 0.000000250. The molecule has 0 aliphatic carbocycles. The fourth-order valence-electron chi connectivity index (χ4n) is 12.8. The first-order valence-corrected chi connectivity index (χ1v) is 33.6. The molecule has 6 aromatic rings. The van der Waals surface area contributed by atoms with E-state index >= 15 is 4.39 Å². The minimum Gasteiger partial charge on any atom is -0.497 e. The lowest BCUT2D eigenvalue weighted by Crippen LogP contribution is -2.38. The van der Waals surface area contributed by atoms with Crippen molar-refractivity contribution >= 4 is 23.7 Å². The Morgan fingerprint density at radius 2 is 0.916 bits per heavy atom. The maximum absolute atomic E-state index is 16.1. The largest absolute Gasteiger partial charge is 0.497 e. The summed E-state index contributed by atoms with van der Waals surface area (Å²) in [7, 11) is 3.25. The van der Waals surface area contributed by atoms with Gasteiger partial charge in [0.1, 0.15) is 29.2 Å². The minimum absolute atomic E-state index is 0.0613. The van der Waals surface area contributed by atoms with E-state index in [9.17, 15) is 38.3 Å². The Hall–Kier alpha value is -7.80. The molecule has 2 aromatic heterocycles. The first kappa shape index (κ1) is 76.2. The van der Waals surface area contributed by atoms with Crippen LogP contribution in [0.25, 0.3) is 22.3 Å². The smallest absolute Gasteiger partial charge is 0.326 e. The number of pyridine rings is 2. The zero-order valence-corrected chi connectivity index (χ0v) is 59.1. The second-order valence-electron chi connectivity index (χ2n) is 26.6. The number of nitrogens with zero attached hydrogens (tertiary/aromatic N) is 4. The monoisotopic (exact) mass is 1310 g/mol. The van der Waals surface area contributed by atoms with Gasteiger partial charge in [-0.3, -0.25) is 24.0 Å². The Morgan fingerprint density at radius 1 is 0.526 bits per heavy atom. The van der Waals surface area contributed by atoms with E-state index in [4.69, 9.17) is 24.7 Å². The highest BCUT2D eigenvalue weighted by Gasteiger charge is 2.32. The van der Waals surface area contributed by atoms with Gasteiger partial charge in [0.05, 0.1) is 46.3 Å². The van der Waals surface area contributed by atoms with Crippen molar-refractivity contribution < 1.29 is 52.0 Å². The van der Waals surface area contributed by atoms with Crippen LogP contribution in [0.15, 0.2) is 82.6 Å². The lowest BCUT2D eigenvalue weighted by atomic mass is 9.83. The number of esters is 2. The highest BCUT2D eigenvalue weighted by Crippen LogP contribution is 2.39. The van der Waals surface area contributed by atoms with Crippen LogP contribution >= 0.6 is 0 Å². The van der Waals surface area contributed by atoms with Crippen LogP contribution in [0, 0.1) is 78.9 Å². The van der Waals surface area contributed by atoms with Crippen molar-refractivity contribution in [3.8, 4) is 33.8 Å². The van der Waals surface area contributed by atoms with E-state index in [1.807, 2.05) is 99.7 Å². The average Bonchev–Trinajstić information content (AvgIpc) is 0.807. The zero-order valence-electron chi connectivity index (χ0n) is 59.1. The number of aromatic nitrogens is 2. The highest BCUT2D eigenvalue weighted by atomic mass is 19.1. The van der Waals surface area contributed by atoms with Crippen molar-refractivity contribution in [3.63, 3.8) is 0 Å². The van der Waals surface area contributed by atoms with Gasteiger partial charge in [-0.2, -0.15) is 0 Å². The van der Waals surface area contributed by atoms with Gasteiger partial charge in [0.25, 0.3) is 11.1 Å². The van der Waals surface area contributed by atoms with Gasteiger partial charge in [-0.25, -0.2) is 13.6 Å². The number of ketones is 1. The maximum Gasteiger partial charge on any atom is 0.326 e. The van der Waals surface area contributed by atoms with Crippen LogP contribution in [0.5, 0.6) is 11.5 Å². The highest BCUT2D eigenvalue weighted by molar-refractivity contribution is 5.85. The van der Waals surface area contributed by atoms with Gasteiger partial charge >= 0.3 is 17.9 Å². The molecule has 3 N–H and O–H groups in total. The molecule has 0 spiro atoms. The van der Waals surface area contributed by atoms with Crippen LogP contribution in [0.1, 0.15) is 177 Å². The quantitative estimate of drug-likeness (QED) is 0.0439. The van der Waals surface area contributed by atoms with Crippen molar-refractivity contribution in [2.24, 2.45) is 17.6 Å². The molecule has 0 saturated carbocycles. The molecule has 0 amide bonds. The Kier molecular flexibility index (Phi) is 28.3. The molecule has 2 aliphatic heterocycles. The molecule has 95 heavy (non-hydrogen) atoms. The van der Waals surface area contributed by atoms with Crippen LogP contribution in [0.2, 0.25) is 0 Å². The topological polar surface area (TPSA) is 202 Å². The third-order valence-electron chi connectivity index (χ3n) is 18.1. The van der Waals surface area contributed by atoms with E-state index in [1.165, 1.54) is 17.4 Å². The van der Waals surface area contributed by atoms with Crippen LogP contribution in [0.4, 0.5) is 8.78 Å². The van der Waals surface area contributed by atoms with Gasteiger partial charge in [0.15, 0.2) is 5.78 Å². The number of nitrogens with two attached hydrogens (primary N) is 1. The van der Waals surface area contributed by atoms with E-state index in [2.05, 4.69) is 9.80 Å². The number of hydrogen-bond donors (Lipinski definition) is 2. The summed E-state index contributed by atoms with van der Waals surface area (Å²) in [6.07, 6.45) is 8.32. The van der Waals surface area contributed by atoms with Crippen LogP contribution < -0.4 is 26.3 Å². The number of Topliss-reactive ketones (excluding diaryl/α,β-unsaturated/α-hetero) is 1. The zero-order chi connectivity index (χ0) is 70.1. The summed E-state index contributed by atoms with van der Waals surface area (Å²) in [5, 5.41) is 9.46. The van der Waals surface area contributed by atoms with Gasteiger partial charge in [0.2, 0.25) is 0 Å². The summed E-state index contributed by atoms with van der Waals surface area (Å²) >= 11 is 0. The molecular formula is C77H103F2N5O11. The lowest BCUT2D eigenvalue weighted by molar-refractivity contribution is -0.144. The van der Waals surface area contributed by atoms with Crippen LogP contribution in [-0.2, 0) is 41.5 Å². The summed E-state index contributed by atoms with van der Waals surface area (Å²) in [6, 6.07) is 15.8. The minimum atomic E-state index is -0.937. The number of carboxylic acid groups (broad SMARTS) is 1. The number of benzene rings is 4. The lowest BCUT2D eigenvalue weighted by Gasteiger charge is -2.31. The number of aliphatic carboxylic acids is 1. The van der Waals surface area contributed by atoms with E-state index in [1.54, 1.807) is 89.1 Å². The number of carboxylic acids is 1. The molecule has 4 heterocycles. The fourth-order valence-corrected chi connectivity index (χ4v) is 12.8. The van der Waals surface area contributed by atoms with Crippen molar-refractivity contribution in [1.29, 1.82) is 0 Å². The number of rotatable bonds is 28. The molecule has 4 aromatic carbocycles. The predicted octanol–water partition coefficient (Wildman–Crippen LogP) is 13.9. The molecule has 4 atom stereocenters. The number of halogens is 2. The SMILES string of the molecule is CCOC(=O)C[C@H](CC(=O)C(CC(C)C)n1cc(CCN2CCC2)c(C)cc1=O)c1cc(-c2c(C)cc(OC)cc2C)cc(C)c1F.CCOC(=O)C[C@H](N)c1cc(-c2c(C)cc(OC)cc2C)cc(C)c1F.Cc1cc(=O)n(C(CC(C)C)C(=O)O)cc1CCN1CCC1. The molecule has 0 radical (unpaired) electrons. The fraction of sp³-hybridized carbons (Fsp3) is 0.506. The summed E-state index contributed by atoms with van der Waals surface area (Å²) in [4.78, 5) is 80.9. The van der Waals surface area contributed by atoms with Crippen molar-refractivity contribution in [1.82, 2.24) is 18.9 Å². The number of hydrogen-bond acceptors (Lipinski definition) is 13. The molecule has 0 bridgehead atoms. The third-order valence-corrected chi connectivity index (χ3v) is 18.1. The first-order chi connectivity index (χ1) is 45.0. The average molecular weight is 1310 g/mol. The normalized spacial score (nSPS) is 14.3. The predicted molar refractivity (Wildman–Crippen MR) is 372 cm³/mol. The van der Waals surface area contributed by atoms with Crippen molar-refractivity contribution in [3.05, 3.63) is 172 Å². The summed E-state index contributed by atoms with van der Waals surface area (Å²) < 4.78 is 54.7. The molecule has 2 saturated heterocycles. The van der Waals surface area contributed by atoms with Gasteiger partial charge in [-0.05, 0) is 278 Å². The Bertz CT molecular complexity index is 3740. The number of ether oxygens (including phenoxy) is 4. The molecular weight excluding hydrogens is 1210 g/mol.